The number of ether oxygens (including phenoxy) is 1. The number of halogens is 3. The predicted octanol–water partition coefficient (Wildman–Crippen LogP) is 5.32. The van der Waals surface area contributed by atoms with Gasteiger partial charge < -0.3 is 14.6 Å². The molecule has 1 unspecified atom stereocenters. The average Bonchev–Trinajstić information content (AvgIpc) is 3.37. The van der Waals surface area contributed by atoms with Gasteiger partial charge in [0.15, 0.2) is 0 Å². The van der Waals surface area contributed by atoms with Gasteiger partial charge in [-0.05, 0) is 61.9 Å². The predicted molar refractivity (Wildman–Crippen MR) is 127 cm³/mol. The van der Waals surface area contributed by atoms with E-state index in [-0.39, 0.29) is 18.0 Å². The number of aryl methyl sites for hydroxylation is 1. The molecular weight excluding hydrogens is 473 g/mol. The number of amides is 1. The SMILES string of the molecule is CC(Nc1nccc(N2C(=O)OC[C@@H]2C(C)C)n1)c1ncn2c1CCCc1cc(C(F)(F)F)ccc1-2. The summed E-state index contributed by atoms with van der Waals surface area (Å²) in [5.74, 6) is 0.990. The van der Waals surface area contributed by atoms with Gasteiger partial charge in [0.1, 0.15) is 12.4 Å². The van der Waals surface area contributed by atoms with Crippen LogP contribution in [0.3, 0.4) is 0 Å². The maximum Gasteiger partial charge on any atom is 0.416 e. The summed E-state index contributed by atoms with van der Waals surface area (Å²) in [5.41, 5.74) is 2.44. The van der Waals surface area contributed by atoms with Crippen LogP contribution < -0.4 is 10.2 Å². The summed E-state index contributed by atoms with van der Waals surface area (Å²) in [5, 5.41) is 3.26. The molecule has 2 atom stereocenters. The molecule has 36 heavy (non-hydrogen) atoms. The first-order chi connectivity index (χ1) is 17.1. The van der Waals surface area contributed by atoms with Crippen molar-refractivity contribution >= 4 is 17.9 Å². The zero-order valence-electron chi connectivity index (χ0n) is 20.2. The Bertz CT molecular complexity index is 1290. The largest absolute Gasteiger partial charge is 0.447 e. The molecule has 1 aromatic carbocycles. The summed E-state index contributed by atoms with van der Waals surface area (Å²) >= 11 is 0. The molecule has 2 aliphatic heterocycles. The number of hydrogen-bond acceptors (Lipinski definition) is 6. The molecule has 1 fully saturated rings. The molecule has 1 amide bonds. The lowest BCUT2D eigenvalue weighted by molar-refractivity contribution is -0.137. The summed E-state index contributed by atoms with van der Waals surface area (Å²) in [6, 6.07) is 5.15. The molecule has 2 aliphatic rings. The summed E-state index contributed by atoms with van der Waals surface area (Å²) in [6.07, 6.45) is 0.369. The molecule has 0 aliphatic carbocycles. The van der Waals surface area contributed by atoms with E-state index in [9.17, 15) is 18.0 Å². The quantitative estimate of drug-likeness (QED) is 0.510. The number of anilines is 2. The van der Waals surface area contributed by atoms with Crippen molar-refractivity contribution in [2.75, 3.05) is 16.8 Å². The molecule has 1 saturated heterocycles. The van der Waals surface area contributed by atoms with Crippen molar-refractivity contribution in [3.05, 3.63) is 59.3 Å². The van der Waals surface area contributed by atoms with Crippen LogP contribution in [0.5, 0.6) is 0 Å². The van der Waals surface area contributed by atoms with E-state index in [1.165, 1.54) is 12.1 Å². The van der Waals surface area contributed by atoms with E-state index in [1.54, 1.807) is 23.5 Å². The van der Waals surface area contributed by atoms with Gasteiger partial charge in [-0.1, -0.05) is 13.8 Å². The van der Waals surface area contributed by atoms with Crippen LogP contribution in [-0.2, 0) is 23.8 Å². The molecular formula is C25H27F3N6O2. The molecule has 3 aromatic rings. The number of carbonyl (C=O) groups excluding carboxylic acids is 1. The lowest BCUT2D eigenvalue weighted by Crippen LogP contribution is -2.37. The Kier molecular flexibility index (Phi) is 6.09. The van der Waals surface area contributed by atoms with Gasteiger partial charge in [-0.3, -0.25) is 4.90 Å². The zero-order chi connectivity index (χ0) is 25.6. The lowest BCUT2D eigenvalue weighted by atomic mass is 10.0. The summed E-state index contributed by atoms with van der Waals surface area (Å²) in [6.45, 7) is 6.29. The molecule has 0 saturated carbocycles. The van der Waals surface area contributed by atoms with Crippen molar-refractivity contribution in [2.24, 2.45) is 5.92 Å². The van der Waals surface area contributed by atoms with Gasteiger partial charge in [0.05, 0.1) is 29.7 Å². The lowest BCUT2D eigenvalue weighted by Gasteiger charge is -2.23. The second kappa shape index (κ2) is 9.11. The minimum Gasteiger partial charge on any atom is -0.447 e. The van der Waals surface area contributed by atoms with Gasteiger partial charge in [-0.2, -0.15) is 18.2 Å². The smallest absolute Gasteiger partial charge is 0.416 e. The fraction of sp³-hybridized carbons (Fsp3) is 0.440. The highest BCUT2D eigenvalue weighted by Crippen LogP contribution is 2.35. The Labute approximate surface area is 206 Å². The maximum absolute atomic E-state index is 13.2. The first-order valence-corrected chi connectivity index (χ1v) is 12.0. The molecule has 4 heterocycles. The Balaban J connectivity index is 1.40. The number of fused-ring (bicyclic) bond motifs is 3. The van der Waals surface area contributed by atoms with Crippen molar-refractivity contribution in [3.8, 4) is 5.69 Å². The molecule has 0 spiro atoms. The molecule has 1 N–H and O–H groups in total. The number of rotatable bonds is 5. The van der Waals surface area contributed by atoms with Crippen LogP contribution in [-0.4, -0.2) is 38.3 Å². The number of benzene rings is 1. The van der Waals surface area contributed by atoms with Gasteiger partial charge in [-0.15, -0.1) is 0 Å². The number of aromatic nitrogens is 4. The third-order valence-electron chi connectivity index (χ3n) is 6.74. The van der Waals surface area contributed by atoms with Crippen LogP contribution in [0.2, 0.25) is 0 Å². The summed E-state index contributed by atoms with van der Waals surface area (Å²) in [7, 11) is 0. The fourth-order valence-corrected chi connectivity index (χ4v) is 4.85. The maximum atomic E-state index is 13.2. The van der Waals surface area contributed by atoms with E-state index in [0.717, 1.165) is 17.5 Å². The summed E-state index contributed by atoms with van der Waals surface area (Å²) < 4.78 is 46.8. The number of carbonyl (C=O) groups is 1. The molecule has 0 bridgehead atoms. The van der Waals surface area contributed by atoms with E-state index >= 15 is 0 Å². The van der Waals surface area contributed by atoms with Gasteiger partial charge in [0.25, 0.3) is 0 Å². The normalized spacial score (nSPS) is 18.5. The Morgan fingerprint density at radius 1 is 1.14 bits per heavy atom. The first kappa shape index (κ1) is 24.1. The number of nitrogens with zero attached hydrogens (tertiary/aromatic N) is 5. The van der Waals surface area contributed by atoms with Gasteiger partial charge in [-0.25, -0.2) is 14.8 Å². The number of cyclic esters (lactones) is 1. The Morgan fingerprint density at radius 3 is 2.69 bits per heavy atom. The zero-order valence-corrected chi connectivity index (χ0v) is 20.2. The van der Waals surface area contributed by atoms with Crippen LogP contribution in [0.1, 0.15) is 55.7 Å². The van der Waals surface area contributed by atoms with Gasteiger partial charge in [0, 0.05) is 17.6 Å². The second-order valence-corrected chi connectivity index (χ2v) is 9.50. The minimum atomic E-state index is -4.38. The van der Waals surface area contributed by atoms with Crippen molar-refractivity contribution < 1.29 is 22.7 Å². The topological polar surface area (TPSA) is 85.2 Å². The molecule has 11 heteroatoms. The number of imidazole rings is 1. The molecule has 190 valence electrons. The van der Waals surface area contributed by atoms with Gasteiger partial charge in [0.2, 0.25) is 5.95 Å². The van der Waals surface area contributed by atoms with Crippen molar-refractivity contribution in [1.82, 2.24) is 19.5 Å². The fourth-order valence-electron chi connectivity index (χ4n) is 4.85. The average molecular weight is 501 g/mol. The third kappa shape index (κ3) is 4.38. The number of nitrogens with one attached hydrogen (secondary N) is 1. The Hall–Kier alpha value is -3.63. The molecule has 0 radical (unpaired) electrons. The highest BCUT2D eigenvalue weighted by Gasteiger charge is 2.37. The van der Waals surface area contributed by atoms with E-state index in [1.807, 2.05) is 25.3 Å². The van der Waals surface area contributed by atoms with Crippen LogP contribution in [0.15, 0.2) is 36.8 Å². The van der Waals surface area contributed by atoms with Crippen LogP contribution in [0.4, 0.5) is 29.7 Å². The van der Waals surface area contributed by atoms with Crippen molar-refractivity contribution in [2.45, 2.75) is 58.3 Å². The highest BCUT2D eigenvalue weighted by molar-refractivity contribution is 5.89. The number of alkyl halides is 3. The third-order valence-corrected chi connectivity index (χ3v) is 6.74. The van der Waals surface area contributed by atoms with E-state index in [2.05, 4.69) is 20.3 Å². The second-order valence-electron chi connectivity index (χ2n) is 9.50. The molecule has 8 nitrogen and oxygen atoms in total. The van der Waals surface area contributed by atoms with Crippen molar-refractivity contribution in [1.29, 1.82) is 0 Å². The monoisotopic (exact) mass is 500 g/mol. The van der Waals surface area contributed by atoms with E-state index in [4.69, 9.17) is 4.74 Å². The van der Waals surface area contributed by atoms with E-state index < -0.39 is 17.8 Å². The van der Waals surface area contributed by atoms with Crippen molar-refractivity contribution in [3.63, 3.8) is 0 Å². The standard InChI is InChI=1S/C25H27F3N6O2/c1-14(2)20-12-36-24(35)34(20)21-9-10-29-23(32-21)31-15(3)22-19-6-4-5-16-11-17(25(26,27)28)7-8-18(16)33(19)13-30-22/h7-11,13-15,20H,4-6,12H2,1-3H3,(H,29,31,32)/t15?,20-/m1/s1. The molecule has 5 rings (SSSR count). The summed E-state index contributed by atoms with van der Waals surface area (Å²) in [4.78, 5) is 27.3. The number of hydrogen-bond donors (Lipinski definition) is 1. The van der Waals surface area contributed by atoms with Crippen LogP contribution in [0, 0.1) is 5.92 Å². The van der Waals surface area contributed by atoms with E-state index in [0.29, 0.717) is 48.9 Å². The first-order valence-electron chi connectivity index (χ1n) is 12.0. The van der Waals surface area contributed by atoms with Crippen LogP contribution >= 0.6 is 0 Å². The molecule has 2 aromatic heterocycles. The Morgan fingerprint density at radius 2 is 1.94 bits per heavy atom. The minimum absolute atomic E-state index is 0.112. The van der Waals surface area contributed by atoms with Gasteiger partial charge >= 0.3 is 12.3 Å². The van der Waals surface area contributed by atoms with Crippen LogP contribution in [0.25, 0.3) is 5.69 Å². The highest BCUT2D eigenvalue weighted by atomic mass is 19.4.